The first kappa shape index (κ1) is 25.8. The van der Waals surface area contributed by atoms with Crippen LogP contribution in [0.25, 0.3) is 0 Å². The summed E-state index contributed by atoms with van der Waals surface area (Å²) in [5.74, 6) is -0.409. The maximum absolute atomic E-state index is 11.5. The highest BCUT2D eigenvalue weighted by molar-refractivity contribution is 7.10. The smallest absolute Gasteiger partial charge is 0.306 e. The number of aliphatic hydroxyl groups is 3. The van der Waals surface area contributed by atoms with E-state index in [1.807, 2.05) is 32.1 Å². The number of aryl methyl sites for hydroxylation is 2. The van der Waals surface area contributed by atoms with Gasteiger partial charge in [0.05, 0.1) is 24.4 Å². The van der Waals surface area contributed by atoms with E-state index in [1.54, 1.807) is 17.4 Å². The molecule has 3 unspecified atom stereocenters. The molecule has 1 aromatic rings. The van der Waals surface area contributed by atoms with E-state index in [2.05, 4.69) is 18.4 Å². The number of thiophene rings is 1. The Hall–Kier alpha value is -1.47. The van der Waals surface area contributed by atoms with Crippen molar-refractivity contribution in [2.45, 2.75) is 90.1 Å². The lowest BCUT2D eigenvalue weighted by atomic mass is 9.89. The fraction of sp³-hybridized carbons (Fsp3) is 0.640. The highest BCUT2D eigenvalue weighted by atomic mass is 32.1. The number of hydrogen-bond acceptors (Lipinski definition) is 6. The summed E-state index contributed by atoms with van der Waals surface area (Å²) in [7, 11) is 0. The molecule has 0 radical (unpaired) electrons. The first-order valence-corrected chi connectivity index (χ1v) is 12.3. The fourth-order valence-electron chi connectivity index (χ4n) is 4.09. The molecule has 0 aromatic carbocycles. The zero-order valence-corrected chi connectivity index (χ0v) is 19.8. The summed E-state index contributed by atoms with van der Waals surface area (Å²) in [4.78, 5) is 12.8. The van der Waals surface area contributed by atoms with Gasteiger partial charge in [0.25, 0.3) is 0 Å². The van der Waals surface area contributed by atoms with Gasteiger partial charge in [-0.25, -0.2) is 0 Å². The Morgan fingerprint density at radius 3 is 2.74 bits per heavy atom. The van der Waals surface area contributed by atoms with Crippen LogP contribution in [-0.4, -0.2) is 45.7 Å². The molecule has 174 valence electrons. The monoisotopic (exact) mass is 450 g/mol. The minimum atomic E-state index is -0.596. The molecule has 1 heterocycles. The second kappa shape index (κ2) is 13.2. The molecule has 0 aliphatic heterocycles. The SMILES string of the molecule is Cc1sccc1CCC(O)C=C[C@H]1C(O)CC(O)[C@@H]1CC=CCCCC(=O)OC(C)C. The number of ether oxygens (including phenoxy) is 1. The van der Waals surface area contributed by atoms with E-state index in [1.165, 1.54) is 10.4 Å². The lowest BCUT2D eigenvalue weighted by Gasteiger charge is -2.19. The van der Waals surface area contributed by atoms with Gasteiger partial charge in [0.2, 0.25) is 0 Å². The van der Waals surface area contributed by atoms with Crippen molar-refractivity contribution in [2.24, 2.45) is 11.8 Å². The largest absolute Gasteiger partial charge is 0.463 e. The fourth-order valence-corrected chi connectivity index (χ4v) is 4.85. The molecule has 1 aliphatic carbocycles. The molecule has 0 bridgehead atoms. The molecule has 1 fully saturated rings. The van der Waals surface area contributed by atoms with Crippen LogP contribution in [0, 0.1) is 18.8 Å². The maximum atomic E-state index is 11.5. The Morgan fingerprint density at radius 2 is 2.06 bits per heavy atom. The van der Waals surface area contributed by atoms with Crippen LogP contribution in [0.3, 0.4) is 0 Å². The van der Waals surface area contributed by atoms with Crippen LogP contribution in [0.5, 0.6) is 0 Å². The molecule has 5 atom stereocenters. The minimum Gasteiger partial charge on any atom is -0.463 e. The number of aliphatic hydroxyl groups excluding tert-OH is 3. The Labute approximate surface area is 190 Å². The number of hydrogen-bond donors (Lipinski definition) is 3. The second-order valence-electron chi connectivity index (χ2n) is 8.74. The predicted molar refractivity (Wildman–Crippen MR) is 125 cm³/mol. The normalized spacial score (nSPS) is 25.1. The average Bonchev–Trinajstić information content (AvgIpc) is 3.22. The van der Waals surface area contributed by atoms with Crippen molar-refractivity contribution >= 4 is 17.3 Å². The van der Waals surface area contributed by atoms with Gasteiger partial charge in [-0.2, -0.15) is 0 Å². The Kier molecular flexibility index (Phi) is 10.9. The quantitative estimate of drug-likeness (QED) is 0.251. The van der Waals surface area contributed by atoms with Gasteiger partial charge < -0.3 is 20.1 Å². The summed E-state index contributed by atoms with van der Waals surface area (Å²) >= 11 is 1.72. The van der Waals surface area contributed by atoms with Crippen LogP contribution < -0.4 is 0 Å². The summed E-state index contributed by atoms with van der Waals surface area (Å²) in [6.45, 7) is 5.77. The van der Waals surface area contributed by atoms with Gasteiger partial charge in [0.15, 0.2) is 0 Å². The molecule has 3 N–H and O–H groups in total. The molecule has 31 heavy (non-hydrogen) atoms. The van der Waals surface area contributed by atoms with Crippen molar-refractivity contribution in [3.8, 4) is 0 Å². The van der Waals surface area contributed by atoms with Gasteiger partial charge in [-0.1, -0.05) is 24.3 Å². The third-order valence-electron chi connectivity index (χ3n) is 5.84. The van der Waals surface area contributed by atoms with Gasteiger partial charge in [-0.05, 0) is 75.8 Å². The number of allylic oxidation sites excluding steroid dienone is 2. The molecule has 1 saturated carbocycles. The highest BCUT2D eigenvalue weighted by Gasteiger charge is 2.39. The molecule has 0 amide bonds. The van der Waals surface area contributed by atoms with Gasteiger partial charge in [-0.15, -0.1) is 11.3 Å². The number of esters is 1. The van der Waals surface area contributed by atoms with Gasteiger partial charge in [-0.3, -0.25) is 4.79 Å². The second-order valence-corrected chi connectivity index (χ2v) is 9.86. The summed E-state index contributed by atoms with van der Waals surface area (Å²) in [6, 6.07) is 2.10. The van der Waals surface area contributed by atoms with Crippen molar-refractivity contribution in [1.29, 1.82) is 0 Å². The summed E-state index contributed by atoms with van der Waals surface area (Å²) in [5, 5.41) is 33.1. The molecule has 5 nitrogen and oxygen atoms in total. The van der Waals surface area contributed by atoms with E-state index in [-0.39, 0.29) is 23.9 Å². The third-order valence-corrected chi connectivity index (χ3v) is 6.73. The molecular formula is C25H38O5S. The van der Waals surface area contributed by atoms with Gasteiger partial charge >= 0.3 is 5.97 Å². The van der Waals surface area contributed by atoms with Crippen LogP contribution in [0.4, 0.5) is 0 Å². The van der Waals surface area contributed by atoms with E-state index in [4.69, 9.17) is 4.74 Å². The standard InChI is InChI=1S/C25H38O5S/c1-17(2)30-25(29)9-7-5-4-6-8-21-22(24(28)16-23(21)27)13-12-20(26)11-10-19-14-15-31-18(19)3/h4,6,12-15,17,20-24,26-28H,5,7-11,16H2,1-3H3/t20?,21-,22-,23?,24?/m1/s1. The minimum absolute atomic E-state index is 0.0697. The van der Waals surface area contributed by atoms with Crippen LogP contribution in [0.1, 0.15) is 62.8 Å². The van der Waals surface area contributed by atoms with Crippen LogP contribution >= 0.6 is 11.3 Å². The number of rotatable bonds is 12. The Bertz CT molecular complexity index is 723. The first-order valence-electron chi connectivity index (χ1n) is 11.4. The third kappa shape index (κ3) is 8.89. The molecular weight excluding hydrogens is 412 g/mol. The molecule has 2 rings (SSSR count). The summed E-state index contributed by atoms with van der Waals surface area (Å²) in [5.41, 5.74) is 1.27. The zero-order chi connectivity index (χ0) is 22.8. The van der Waals surface area contributed by atoms with Crippen molar-refractivity contribution < 1.29 is 24.9 Å². The van der Waals surface area contributed by atoms with Crippen LogP contribution in [0.15, 0.2) is 35.8 Å². The topological polar surface area (TPSA) is 87.0 Å². The summed E-state index contributed by atoms with van der Waals surface area (Å²) < 4.78 is 5.12. The molecule has 1 aliphatic rings. The van der Waals surface area contributed by atoms with Crippen LogP contribution in [0.2, 0.25) is 0 Å². The first-order chi connectivity index (χ1) is 14.8. The lowest BCUT2D eigenvalue weighted by molar-refractivity contribution is -0.147. The van der Waals surface area contributed by atoms with E-state index in [0.29, 0.717) is 25.7 Å². The van der Waals surface area contributed by atoms with Gasteiger partial charge in [0, 0.05) is 23.6 Å². The zero-order valence-electron chi connectivity index (χ0n) is 18.9. The number of unbranched alkanes of at least 4 members (excludes halogenated alkanes) is 1. The van der Waals surface area contributed by atoms with Crippen molar-refractivity contribution in [3.63, 3.8) is 0 Å². The van der Waals surface area contributed by atoms with Crippen molar-refractivity contribution in [1.82, 2.24) is 0 Å². The Balaban J connectivity index is 1.77. The molecule has 1 aromatic heterocycles. The number of carbonyl (C=O) groups excluding carboxylic acids is 1. The summed E-state index contributed by atoms with van der Waals surface area (Å²) in [6.07, 6.45) is 10.3. The predicted octanol–water partition coefficient (Wildman–Crippen LogP) is 4.33. The maximum Gasteiger partial charge on any atom is 0.306 e. The molecule has 6 heteroatoms. The van der Waals surface area contributed by atoms with Crippen molar-refractivity contribution in [2.75, 3.05) is 0 Å². The van der Waals surface area contributed by atoms with Crippen LogP contribution in [-0.2, 0) is 16.0 Å². The Morgan fingerprint density at radius 1 is 1.29 bits per heavy atom. The average molecular weight is 451 g/mol. The van der Waals surface area contributed by atoms with E-state index in [0.717, 1.165) is 19.3 Å². The van der Waals surface area contributed by atoms with Crippen molar-refractivity contribution in [3.05, 3.63) is 46.2 Å². The molecule has 0 spiro atoms. The number of carbonyl (C=O) groups is 1. The lowest BCUT2D eigenvalue weighted by Crippen LogP contribution is -2.20. The molecule has 0 saturated heterocycles. The van der Waals surface area contributed by atoms with Gasteiger partial charge in [0.1, 0.15) is 0 Å². The van der Waals surface area contributed by atoms with E-state index < -0.39 is 18.3 Å². The van der Waals surface area contributed by atoms with E-state index >= 15 is 0 Å². The van der Waals surface area contributed by atoms with E-state index in [9.17, 15) is 20.1 Å². The highest BCUT2D eigenvalue weighted by Crippen LogP contribution is 2.36.